The maximum absolute atomic E-state index is 12.3. The number of halogens is 2. The van der Waals surface area contributed by atoms with Gasteiger partial charge in [-0.05, 0) is 19.3 Å². The molecule has 1 aliphatic heterocycles. The molecule has 92 valence electrons. The van der Waals surface area contributed by atoms with Crippen LogP contribution < -0.4 is 0 Å². The van der Waals surface area contributed by atoms with Gasteiger partial charge in [0.05, 0.1) is 5.60 Å². The Bertz CT molecular complexity index is 285. The van der Waals surface area contributed by atoms with Crippen LogP contribution in [0.15, 0.2) is 0 Å². The summed E-state index contributed by atoms with van der Waals surface area (Å²) in [5.41, 5.74) is -0.711. The summed E-state index contributed by atoms with van der Waals surface area (Å²) in [4.78, 5) is 12.4. The molecule has 2 unspecified atom stereocenters. The summed E-state index contributed by atoms with van der Waals surface area (Å²) in [6.07, 6.45) is 1.11. The van der Waals surface area contributed by atoms with Crippen molar-refractivity contribution < 1.29 is 18.7 Å². The summed E-state index contributed by atoms with van der Waals surface area (Å²) in [7, 11) is 0. The van der Waals surface area contributed by atoms with Crippen molar-refractivity contribution in [1.29, 1.82) is 0 Å². The SMILES string of the molecule is O=C(C(F)F)N1CCC2(O)CCCCC2C1. The van der Waals surface area contributed by atoms with Crippen molar-refractivity contribution in [3.8, 4) is 0 Å². The lowest BCUT2D eigenvalue weighted by Crippen LogP contribution is -2.55. The lowest BCUT2D eigenvalue weighted by atomic mass is 9.71. The topological polar surface area (TPSA) is 40.5 Å². The van der Waals surface area contributed by atoms with E-state index in [1.54, 1.807) is 0 Å². The molecule has 5 heteroatoms. The molecule has 1 saturated carbocycles. The van der Waals surface area contributed by atoms with Crippen LogP contribution in [-0.2, 0) is 4.79 Å². The third-order valence-electron chi connectivity index (χ3n) is 3.93. The Labute approximate surface area is 93.4 Å². The molecule has 2 fully saturated rings. The molecular weight excluding hydrogens is 216 g/mol. The van der Waals surface area contributed by atoms with E-state index >= 15 is 0 Å². The zero-order valence-electron chi connectivity index (χ0n) is 9.16. The van der Waals surface area contributed by atoms with E-state index in [9.17, 15) is 18.7 Å². The number of hydrogen-bond donors (Lipinski definition) is 1. The third-order valence-corrected chi connectivity index (χ3v) is 3.93. The van der Waals surface area contributed by atoms with Crippen molar-refractivity contribution in [3.05, 3.63) is 0 Å². The van der Waals surface area contributed by atoms with E-state index in [-0.39, 0.29) is 12.5 Å². The predicted octanol–water partition coefficient (Wildman–Crippen LogP) is 1.41. The molecular formula is C11H17F2NO2. The van der Waals surface area contributed by atoms with Crippen LogP contribution in [0.2, 0.25) is 0 Å². The molecule has 0 spiro atoms. The zero-order valence-corrected chi connectivity index (χ0v) is 9.16. The molecule has 2 aliphatic rings. The molecule has 0 aromatic carbocycles. The van der Waals surface area contributed by atoms with Crippen LogP contribution in [0.1, 0.15) is 32.1 Å². The fourth-order valence-corrected chi connectivity index (χ4v) is 2.91. The van der Waals surface area contributed by atoms with E-state index < -0.39 is 17.9 Å². The maximum atomic E-state index is 12.3. The first-order valence-electron chi connectivity index (χ1n) is 5.82. The van der Waals surface area contributed by atoms with Gasteiger partial charge in [-0.3, -0.25) is 4.79 Å². The number of alkyl halides is 2. The maximum Gasteiger partial charge on any atom is 0.315 e. The number of fused-ring (bicyclic) bond motifs is 1. The Morgan fingerprint density at radius 1 is 1.38 bits per heavy atom. The smallest absolute Gasteiger partial charge is 0.315 e. The van der Waals surface area contributed by atoms with E-state index in [0.717, 1.165) is 25.7 Å². The number of carbonyl (C=O) groups is 1. The summed E-state index contributed by atoms with van der Waals surface area (Å²) >= 11 is 0. The Balaban J connectivity index is 2.02. The first-order chi connectivity index (χ1) is 7.53. The van der Waals surface area contributed by atoms with Crippen LogP contribution in [-0.4, -0.2) is 41.0 Å². The second-order valence-corrected chi connectivity index (χ2v) is 4.88. The molecule has 0 bridgehead atoms. The molecule has 0 radical (unpaired) electrons. The van der Waals surface area contributed by atoms with Crippen molar-refractivity contribution >= 4 is 5.91 Å². The van der Waals surface area contributed by atoms with Crippen molar-refractivity contribution in [2.45, 2.75) is 44.1 Å². The molecule has 1 N–H and O–H groups in total. The average Bonchev–Trinajstić information content (AvgIpc) is 2.26. The molecule has 2 rings (SSSR count). The normalized spacial score (nSPS) is 35.0. The standard InChI is InChI=1S/C11H17F2NO2/c12-9(13)10(15)14-6-5-11(16)4-2-1-3-8(11)7-14/h8-9,16H,1-7H2. The van der Waals surface area contributed by atoms with Crippen molar-refractivity contribution in [3.63, 3.8) is 0 Å². The zero-order chi connectivity index (χ0) is 11.8. The summed E-state index contributed by atoms with van der Waals surface area (Å²) in [5, 5.41) is 10.3. The van der Waals surface area contributed by atoms with Gasteiger partial charge < -0.3 is 10.0 Å². The van der Waals surface area contributed by atoms with Gasteiger partial charge in [-0.1, -0.05) is 12.8 Å². The molecule has 3 nitrogen and oxygen atoms in total. The highest BCUT2D eigenvalue weighted by Gasteiger charge is 2.44. The highest BCUT2D eigenvalue weighted by Crippen LogP contribution is 2.39. The monoisotopic (exact) mass is 233 g/mol. The van der Waals surface area contributed by atoms with Gasteiger partial charge in [0.1, 0.15) is 0 Å². The molecule has 1 amide bonds. The Morgan fingerprint density at radius 2 is 2.12 bits per heavy atom. The molecule has 0 aromatic rings. The van der Waals surface area contributed by atoms with E-state index in [1.807, 2.05) is 0 Å². The number of likely N-dealkylation sites (tertiary alicyclic amines) is 1. The Morgan fingerprint density at radius 3 is 2.81 bits per heavy atom. The van der Waals surface area contributed by atoms with Gasteiger partial charge in [0.15, 0.2) is 0 Å². The van der Waals surface area contributed by atoms with Crippen LogP contribution in [0, 0.1) is 5.92 Å². The van der Waals surface area contributed by atoms with Crippen LogP contribution in [0.3, 0.4) is 0 Å². The van der Waals surface area contributed by atoms with Crippen LogP contribution in [0.25, 0.3) is 0 Å². The first-order valence-corrected chi connectivity index (χ1v) is 5.82. The quantitative estimate of drug-likeness (QED) is 0.743. The summed E-state index contributed by atoms with van der Waals surface area (Å²) in [6.45, 7) is 0.551. The number of carbonyl (C=O) groups excluding carboxylic acids is 1. The van der Waals surface area contributed by atoms with Crippen LogP contribution in [0.4, 0.5) is 8.78 Å². The largest absolute Gasteiger partial charge is 0.389 e. The van der Waals surface area contributed by atoms with Crippen molar-refractivity contribution in [2.24, 2.45) is 5.92 Å². The average molecular weight is 233 g/mol. The van der Waals surface area contributed by atoms with Crippen LogP contribution in [0.5, 0.6) is 0 Å². The highest BCUT2D eigenvalue weighted by atomic mass is 19.3. The summed E-state index contributed by atoms with van der Waals surface area (Å²) in [6, 6.07) is 0. The van der Waals surface area contributed by atoms with Gasteiger partial charge in [0.25, 0.3) is 5.91 Å². The third kappa shape index (κ3) is 2.05. The van der Waals surface area contributed by atoms with Gasteiger partial charge >= 0.3 is 6.43 Å². The fourth-order valence-electron chi connectivity index (χ4n) is 2.91. The van der Waals surface area contributed by atoms with E-state index in [2.05, 4.69) is 0 Å². The number of rotatable bonds is 1. The molecule has 16 heavy (non-hydrogen) atoms. The fraction of sp³-hybridized carbons (Fsp3) is 0.909. The van der Waals surface area contributed by atoms with E-state index in [1.165, 1.54) is 4.90 Å². The van der Waals surface area contributed by atoms with Gasteiger partial charge in [-0.2, -0.15) is 8.78 Å². The van der Waals surface area contributed by atoms with E-state index in [4.69, 9.17) is 0 Å². The molecule has 1 heterocycles. The minimum absolute atomic E-state index is 0.0160. The lowest BCUT2D eigenvalue weighted by molar-refractivity contribution is -0.154. The second-order valence-electron chi connectivity index (χ2n) is 4.88. The molecule has 0 aromatic heterocycles. The number of amides is 1. The first kappa shape index (κ1) is 11.8. The van der Waals surface area contributed by atoms with E-state index in [0.29, 0.717) is 13.0 Å². The minimum atomic E-state index is -2.92. The Hall–Kier alpha value is -0.710. The van der Waals surface area contributed by atoms with Gasteiger partial charge in [-0.15, -0.1) is 0 Å². The summed E-state index contributed by atoms with van der Waals surface area (Å²) in [5.74, 6) is -1.11. The van der Waals surface area contributed by atoms with Crippen molar-refractivity contribution in [1.82, 2.24) is 4.90 Å². The van der Waals surface area contributed by atoms with Crippen molar-refractivity contribution in [2.75, 3.05) is 13.1 Å². The predicted molar refractivity (Wildman–Crippen MR) is 54.1 cm³/mol. The number of aliphatic hydroxyl groups is 1. The summed E-state index contributed by atoms with van der Waals surface area (Å²) < 4.78 is 24.6. The second kappa shape index (κ2) is 4.28. The lowest BCUT2D eigenvalue weighted by Gasteiger charge is -2.47. The van der Waals surface area contributed by atoms with Gasteiger partial charge in [-0.25, -0.2) is 0 Å². The minimum Gasteiger partial charge on any atom is -0.389 e. The Kier molecular flexibility index (Phi) is 3.15. The van der Waals surface area contributed by atoms with Gasteiger partial charge in [0.2, 0.25) is 0 Å². The molecule has 1 aliphatic carbocycles. The van der Waals surface area contributed by atoms with Gasteiger partial charge in [0, 0.05) is 19.0 Å². The molecule has 1 saturated heterocycles. The van der Waals surface area contributed by atoms with Crippen LogP contribution >= 0.6 is 0 Å². The molecule has 2 atom stereocenters. The highest BCUT2D eigenvalue weighted by molar-refractivity contribution is 5.79. The number of piperidine rings is 1. The number of hydrogen-bond acceptors (Lipinski definition) is 2. The number of nitrogens with zero attached hydrogens (tertiary/aromatic N) is 1.